The molecular formula is C29H34N2O2. The minimum Gasteiger partial charge on any atom is -0.497 e. The molecule has 0 radical (unpaired) electrons. The molecule has 4 heteroatoms. The largest absolute Gasteiger partial charge is 0.497 e. The molecule has 0 spiro atoms. The van der Waals surface area contributed by atoms with Crippen molar-refractivity contribution in [3.05, 3.63) is 95.1 Å². The zero-order valence-corrected chi connectivity index (χ0v) is 19.9. The van der Waals surface area contributed by atoms with E-state index in [1.165, 1.54) is 23.2 Å². The molecule has 0 bridgehead atoms. The second-order valence-electron chi connectivity index (χ2n) is 9.28. The molecule has 0 saturated carbocycles. The Kier molecular flexibility index (Phi) is 7.33. The molecule has 0 saturated heterocycles. The number of hydrogen-bond donors (Lipinski definition) is 1. The maximum Gasteiger partial charge on any atom is 0.251 e. The van der Waals surface area contributed by atoms with E-state index in [2.05, 4.69) is 60.5 Å². The van der Waals surface area contributed by atoms with Crippen LogP contribution in [0, 0.1) is 5.92 Å². The molecule has 1 unspecified atom stereocenters. The van der Waals surface area contributed by atoms with Gasteiger partial charge in [0, 0.05) is 24.3 Å². The highest BCUT2D eigenvalue weighted by atomic mass is 16.5. The molecule has 172 valence electrons. The van der Waals surface area contributed by atoms with Crippen LogP contribution < -0.4 is 15.0 Å². The summed E-state index contributed by atoms with van der Waals surface area (Å²) >= 11 is 0. The van der Waals surface area contributed by atoms with E-state index in [-0.39, 0.29) is 11.9 Å². The molecule has 1 amide bonds. The predicted molar refractivity (Wildman–Crippen MR) is 135 cm³/mol. The molecule has 3 aromatic carbocycles. The molecule has 1 aliphatic rings. The van der Waals surface area contributed by atoms with E-state index in [0.717, 1.165) is 37.2 Å². The van der Waals surface area contributed by atoms with Gasteiger partial charge in [-0.05, 0) is 72.2 Å². The third-order valence-electron chi connectivity index (χ3n) is 6.33. The number of hydrogen-bond acceptors (Lipinski definition) is 3. The molecule has 1 aliphatic heterocycles. The summed E-state index contributed by atoms with van der Waals surface area (Å²) in [6.07, 6.45) is 3.21. The molecular weight excluding hydrogens is 408 g/mol. The Morgan fingerprint density at radius 2 is 1.73 bits per heavy atom. The summed E-state index contributed by atoms with van der Waals surface area (Å²) in [7, 11) is 1.66. The first-order chi connectivity index (χ1) is 16.0. The van der Waals surface area contributed by atoms with E-state index in [4.69, 9.17) is 4.74 Å². The predicted octanol–water partition coefficient (Wildman–Crippen LogP) is 6.17. The van der Waals surface area contributed by atoms with Crippen LogP contribution >= 0.6 is 0 Å². The van der Waals surface area contributed by atoms with Gasteiger partial charge in [-0.25, -0.2) is 0 Å². The molecule has 33 heavy (non-hydrogen) atoms. The number of ether oxygens (including phenoxy) is 1. The van der Waals surface area contributed by atoms with E-state index in [9.17, 15) is 4.79 Å². The lowest BCUT2D eigenvalue weighted by atomic mass is 9.96. The fourth-order valence-corrected chi connectivity index (χ4v) is 4.59. The van der Waals surface area contributed by atoms with Gasteiger partial charge in [-0.3, -0.25) is 4.79 Å². The average molecular weight is 443 g/mol. The molecule has 1 heterocycles. The number of carbonyl (C=O) groups excluding carboxylic acids is 1. The van der Waals surface area contributed by atoms with Crippen LogP contribution in [0.5, 0.6) is 5.75 Å². The standard InChI is InChI=1S/C29H34N2O2/c1-21(2)19-27(23-14-16-26(33-3)17-15-23)30-29(32)25-12-10-22(11-13-25)20-31-18-6-8-24-7-4-5-9-28(24)31/h4-5,7,9-17,21,27H,6,8,18-20H2,1-3H3,(H,30,32). The maximum atomic E-state index is 13.1. The van der Waals surface area contributed by atoms with Crippen LogP contribution in [0.3, 0.4) is 0 Å². The van der Waals surface area contributed by atoms with Crippen molar-refractivity contribution in [1.29, 1.82) is 0 Å². The molecule has 4 rings (SSSR count). The Morgan fingerprint density at radius 1 is 1.00 bits per heavy atom. The summed E-state index contributed by atoms with van der Waals surface area (Å²) in [5.41, 5.74) is 5.77. The summed E-state index contributed by atoms with van der Waals surface area (Å²) in [5.74, 6) is 1.25. The number of carbonyl (C=O) groups is 1. The molecule has 4 nitrogen and oxygen atoms in total. The van der Waals surface area contributed by atoms with Crippen molar-refractivity contribution in [1.82, 2.24) is 5.32 Å². The zero-order valence-electron chi connectivity index (χ0n) is 19.9. The third-order valence-corrected chi connectivity index (χ3v) is 6.33. The van der Waals surface area contributed by atoms with Crippen LogP contribution in [-0.4, -0.2) is 19.6 Å². The van der Waals surface area contributed by atoms with Gasteiger partial charge in [0.2, 0.25) is 0 Å². The van der Waals surface area contributed by atoms with Crippen LogP contribution in [-0.2, 0) is 13.0 Å². The normalized spacial score (nSPS) is 14.0. The summed E-state index contributed by atoms with van der Waals surface area (Å²) < 4.78 is 5.27. The molecule has 0 aromatic heterocycles. The van der Waals surface area contributed by atoms with Crippen molar-refractivity contribution < 1.29 is 9.53 Å². The van der Waals surface area contributed by atoms with Gasteiger partial charge in [-0.1, -0.05) is 56.3 Å². The Balaban J connectivity index is 1.43. The number of aryl methyl sites for hydroxylation is 1. The van der Waals surface area contributed by atoms with Gasteiger partial charge in [0.05, 0.1) is 13.2 Å². The maximum absolute atomic E-state index is 13.1. The Bertz CT molecular complexity index is 1060. The number of benzene rings is 3. The minimum absolute atomic E-state index is 0.0343. The van der Waals surface area contributed by atoms with Crippen LogP contribution in [0.25, 0.3) is 0 Å². The van der Waals surface area contributed by atoms with Crippen LogP contribution in [0.4, 0.5) is 5.69 Å². The van der Waals surface area contributed by atoms with Crippen molar-refractivity contribution in [3.8, 4) is 5.75 Å². The molecule has 3 aromatic rings. The number of fused-ring (bicyclic) bond motifs is 1. The zero-order chi connectivity index (χ0) is 23.2. The number of anilines is 1. The lowest BCUT2D eigenvalue weighted by Gasteiger charge is -2.31. The van der Waals surface area contributed by atoms with Crippen LogP contribution in [0.2, 0.25) is 0 Å². The Labute approximate surface area is 197 Å². The molecule has 1 N–H and O–H groups in total. The monoisotopic (exact) mass is 442 g/mol. The smallest absolute Gasteiger partial charge is 0.251 e. The van der Waals surface area contributed by atoms with E-state index in [1.807, 2.05) is 36.4 Å². The van der Waals surface area contributed by atoms with E-state index >= 15 is 0 Å². The van der Waals surface area contributed by atoms with Gasteiger partial charge in [0.1, 0.15) is 5.75 Å². The van der Waals surface area contributed by atoms with E-state index < -0.39 is 0 Å². The second kappa shape index (κ2) is 10.6. The first-order valence-corrected chi connectivity index (χ1v) is 11.9. The van der Waals surface area contributed by atoms with Crippen molar-refractivity contribution in [2.24, 2.45) is 5.92 Å². The van der Waals surface area contributed by atoms with Gasteiger partial charge < -0.3 is 15.0 Å². The number of para-hydroxylation sites is 1. The highest BCUT2D eigenvalue weighted by Crippen LogP contribution is 2.28. The van der Waals surface area contributed by atoms with Crippen LogP contribution in [0.1, 0.15) is 59.8 Å². The lowest BCUT2D eigenvalue weighted by molar-refractivity contribution is 0.0932. The number of nitrogens with one attached hydrogen (secondary N) is 1. The summed E-state index contributed by atoms with van der Waals surface area (Å²) in [6, 6.07) is 24.6. The molecule has 1 atom stereocenters. The van der Waals surface area contributed by atoms with E-state index in [1.54, 1.807) is 7.11 Å². The Hall–Kier alpha value is -3.27. The second-order valence-corrected chi connectivity index (χ2v) is 9.28. The number of rotatable bonds is 8. The van der Waals surface area contributed by atoms with Gasteiger partial charge >= 0.3 is 0 Å². The van der Waals surface area contributed by atoms with Gasteiger partial charge in [-0.2, -0.15) is 0 Å². The van der Waals surface area contributed by atoms with Gasteiger partial charge in [0.25, 0.3) is 5.91 Å². The highest BCUT2D eigenvalue weighted by Gasteiger charge is 2.19. The summed E-state index contributed by atoms with van der Waals surface area (Å²) in [6.45, 7) is 6.28. The van der Waals surface area contributed by atoms with Gasteiger partial charge in [0.15, 0.2) is 0 Å². The first kappa shape index (κ1) is 22.9. The average Bonchev–Trinajstić information content (AvgIpc) is 2.84. The topological polar surface area (TPSA) is 41.6 Å². The van der Waals surface area contributed by atoms with Gasteiger partial charge in [-0.15, -0.1) is 0 Å². The summed E-state index contributed by atoms with van der Waals surface area (Å²) in [5, 5.41) is 3.24. The molecule has 0 aliphatic carbocycles. The van der Waals surface area contributed by atoms with Crippen LogP contribution in [0.15, 0.2) is 72.8 Å². The molecule has 0 fully saturated rings. The number of nitrogens with zero attached hydrogens (tertiary/aromatic N) is 1. The van der Waals surface area contributed by atoms with Crippen molar-refractivity contribution in [2.45, 2.75) is 45.7 Å². The fourth-order valence-electron chi connectivity index (χ4n) is 4.59. The third kappa shape index (κ3) is 5.75. The Morgan fingerprint density at radius 3 is 2.42 bits per heavy atom. The van der Waals surface area contributed by atoms with Crippen molar-refractivity contribution in [2.75, 3.05) is 18.6 Å². The minimum atomic E-state index is -0.0358. The number of methoxy groups -OCH3 is 1. The fraction of sp³-hybridized carbons (Fsp3) is 0.345. The summed E-state index contributed by atoms with van der Waals surface area (Å²) in [4.78, 5) is 15.5. The quantitative estimate of drug-likeness (QED) is 0.454. The SMILES string of the molecule is COc1ccc(C(CC(C)C)NC(=O)c2ccc(CN3CCCc4ccccc43)cc2)cc1. The number of amides is 1. The van der Waals surface area contributed by atoms with Crippen molar-refractivity contribution >= 4 is 11.6 Å². The van der Waals surface area contributed by atoms with Crippen molar-refractivity contribution in [3.63, 3.8) is 0 Å². The first-order valence-electron chi connectivity index (χ1n) is 11.9. The highest BCUT2D eigenvalue weighted by molar-refractivity contribution is 5.94. The van der Waals surface area contributed by atoms with E-state index in [0.29, 0.717) is 11.5 Å². The lowest BCUT2D eigenvalue weighted by Crippen LogP contribution is -2.30.